The maximum absolute atomic E-state index is 12.5. The lowest BCUT2D eigenvalue weighted by Crippen LogP contribution is -2.35. The minimum absolute atomic E-state index is 0.174. The molecule has 0 aromatic heterocycles. The van der Waals surface area contributed by atoms with Gasteiger partial charge in [0.05, 0.1) is 4.90 Å². The van der Waals surface area contributed by atoms with Gasteiger partial charge >= 0.3 is 0 Å². The molecule has 1 rings (SSSR count). The molecule has 0 atom stereocenters. The van der Waals surface area contributed by atoms with E-state index < -0.39 is 10.0 Å². The molecule has 0 saturated heterocycles. The van der Waals surface area contributed by atoms with Crippen LogP contribution in [0, 0.1) is 19.3 Å². The number of benzene rings is 1. The van der Waals surface area contributed by atoms with Gasteiger partial charge in [0.2, 0.25) is 10.0 Å². The molecule has 0 amide bonds. The molecule has 0 spiro atoms. The van der Waals surface area contributed by atoms with Crippen molar-refractivity contribution in [3.05, 3.63) is 23.3 Å². The van der Waals surface area contributed by atoms with Crippen molar-refractivity contribution in [2.24, 2.45) is 5.41 Å². The number of nitrogen functional groups attached to an aromatic ring is 1. The van der Waals surface area contributed by atoms with Gasteiger partial charge in [0.25, 0.3) is 0 Å². The summed E-state index contributed by atoms with van der Waals surface area (Å²) in [4.78, 5) is 0.252. The predicted octanol–water partition coefficient (Wildman–Crippen LogP) is 2.23. The molecule has 0 fully saturated rings. The smallest absolute Gasteiger partial charge is 0.240 e. The van der Waals surface area contributed by atoms with E-state index in [1.54, 1.807) is 20.1 Å². The summed E-state index contributed by atoms with van der Waals surface area (Å²) >= 11 is 0. The topological polar surface area (TPSA) is 81.4 Å². The van der Waals surface area contributed by atoms with Crippen LogP contribution in [-0.4, -0.2) is 28.7 Å². The van der Waals surface area contributed by atoms with Crippen LogP contribution < -0.4 is 10.5 Å². The Labute approximate surface area is 127 Å². The summed E-state index contributed by atoms with van der Waals surface area (Å²) in [6, 6.07) is 3.28. The second kappa shape index (κ2) is 6.77. The minimum Gasteiger partial charge on any atom is -0.399 e. The van der Waals surface area contributed by atoms with E-state index in [0.29, 0.717) is 18.8 Å². The van der Waals surface area contributed by atoms with Gasteiger partial charge in [-0.1, -0.05) is 13.8 Å². The van der Waals surface area contributed by atoms with Crippen molar-refractivity contribution in [3.8, 4) is 0 Å². The zero-order valence-electron chi connectivity index (χ0n) is 13.5. The Morgan fingerprint density at radius 1 is 1.29 bits per heavy atom. The van der Waals surface area contributed by atoms with E-state index >= 15 is 0 Å². The minimum atomic E-state index is -3.56. The first-order valence-electron chi connectivity index (χ1n) is 6.94. The van der Waals surface area contributed by atoms with Gasteiger partial charge in [0, 0.05) is 25.9 Å². The highest BCUT2D eigenvalue weighted by atomic mass is 32.2. The third kappa shape index (κ3) is 4.98. The van der Waals surface area contributed by atoms with Crippen LogP contribution in [0.2, 0.25) is 0 Å². The van der Waals surface area contributed by atoms with E-state index in [1.807, 2.05) is 20.8 Å². The molecule has 0 aliphatic heterocycles. The van der Waals surface area contributed by atoms with E-state index in [2.05, 4.69) is 4.72 Å². The van der Waals surface area contributed by atoms with Crippen LogP contribution >= 0.6 is 0 Å². The number of nitrogens with two attached hydrogens (primary N) is 1. The predicted molar refractivity (Wildman–Crippen MR) is 85.8 cm³/mol. The number of aryl methyl sites for hydroxylation is 1. The zero-order valence-corrected chi connectivity index (χ0v) is 14.3. The number of hydrogen-bond donors (Lipinski definition) is 2. The fraction of sp³-hybridized carbons (Fsp3) is 0.600. The van der Waals surface area contributed by atoms with E-state index in [1.165, 1.54) is 6.07 Å². The molecule has 0 unspecified atom stereocenters. The average Bonchev–Trinajstić information content (AvgIpc) is 2.38. The summed E-state index contributed by atoms with van der Waals surface area (Å²) in [5.41, 5.74) is 7.64. The van der Waals surface area contributed by atoms with Crippen LogP contribution in [0.3, 0.4) is 0 Å². The lowest BCUT2D eigenvalue weighted by atomic mass is 9.90. The van der Waals surface area contributed by atoms with Crippen LogP contribution in [0.15, 0.2) is 17.0 Å². The highest BCUT2D eigenvalue weighted by molar-refractivity contribution is 7.89. The Morgan fingerprint density at radius 2 is 1.90 bits per heavy atom. The van der Waals surface area contributed by atoms with Gasteiger partial charge in [-0.3, -0.25) is 0 Å². The molecular weight excluding hydrogens is 288 g/mol. The van der Waals surface area contributed by atoms with E-state index in [-0.39, 0.29) is 10.3 Å². The summed E-state index contributed by atoms with van der Waals surface area (Å²) in [6.45, 7) is 8.61. The number of ether oxygens (including phenoxy) is 1. The number of nitrogens with one attached hydrogen (secondary N) is 1. The third-order valence-corrected chi connectivity index (χ3v) is 5.18. The summed E-state index contributed by atoms with van der Waals surface area (Å²) < 4.78 is 32.7. The first kappa shape index (κ1) is 17.9. The molecule has 6 heteroatoms. The van der Waals surface area contributed by atoms with Gasteiger partial charge < -0.3 is 10.5 Å². The maximum Gasteiger partial charge on any atom is 0.240 e. The summed E-state index contributed by atoms with van der Waals surface area (Å²) in [5.74, 6) is 0. The van der Waals surface area contributed by atoms with E-state index in [4.69, 9.17) is 10.5 Å². The molecule has 0 bridgehead atoms. The van der Waals surface area contributed by atoms with E-state index in [0.717, 1.165) is 17.5 Å². The van der Waals surface area contributed by atoms with Gasteiger partial charge in [-0.25, -0.2) is 13.1 Å². The maximum atomic E-state index is 12.5. The molecule has 0 saturated carbocycles. The molecule has 0 heterocycles. The van der Waals surface area contributed by atoms with Crippen molar-refractivity contribution in [3.63, 3.8) is 0 Å². The van der Waals surface area contributed by atoms with Crippen molar-refractivity contribution in [1.29, 1.82) is 0 Å². The molecule has 0 aliphatic carbocycles. The van der Waals surface area contributed by atoms with Crippen molar-refractivity contribution in [2.45, 2.75) is 39.0 Å². The monoisotopic (exact) mass is 314 g/mol. The molecule has 5 nitrogen and oxygen atoms in total. The van der Waals surface area contributed by atoms with Gasteiger partial charge in [-0.15, -0.1) is 0 Å². The number of sulfonamides is 1. The molecular formula is C15H26N2O3S. The number of hydrogen-bond acceptors (Lipinski definition) is 4. The first-order valence-corrected chi connectivity index (χ1v) is 8.43. The lowest BCUT2D eigenvalue weighted by Gasteiger charge is -2.24. The summed E-state index contributed by atoms with van der Waals surface area (Å²) in [5, 5.41) is 0. The second-order valence-corrected chi connectivity index (χ2v) is 7.93. The number of anilines is 1. The van der Waals surface area contributed by atoms with Crippen LogP contribution in [-0.2, 0) is 14.8 Å². The summed E-state index contributed by atoms with van der Waals surface area (Å²) in [7, 11) is -1.93. The van der Waals surface area contributed by atoms with Gasteiger partial charge in [-0.2, -0.15) is 0 Å². The largest absolute Gasteiger partial charge is 0.399 e. The molecule has 1 aromatic rings. The Balaban J connectivity index is 2.93. The number of rotatable bonds is 7. The SMILES string of the molecule is COCCC(C)(C)CNS(=O)(=O)c1cc(N)cc(C)c1C. The van der Waals surface area contributed by atoms with Crippen LogP contribution in [0.4, 0.5) is 5.69 Å². The van der Waals surface area contributed by atoms with Crippen LogP contribution in [0.25, 0.3) is 0 Å². The zero-order chi connectivity index (χ0) is 16.3. The summed E-state index contributed by atoms with van der Waals surface area (Å²) in [6.07, 6.45) is 0.779. The molecule has 120 valence electrons. The second-order valence-electron chi connectivity index (χ2n) is 6.19. The average molecular weight is 314 g/mol. The Hall–Kier alpha value is -1.11. The molecule has 21 heavy (non-hydrogen) atoms. The molecule has 1 aromatic carbocycles. The highest BCUT2D eigenvalue weighted by Crippen LogP contribution is 2.24. The Bertz CT molecular complexity index is 595. The number of methoxy groups -OCH3 is 1. The molecule has 0 radical (unpaired) electrons. The fourth-order valence-electron chi connectivity index (χ4n) is 1.97. The Kier molecular flexibility index (Phi) is 5.78. The third-order valence-electron chi connectivity index (χ3n) is 3.66. The standard InChI is InChI=1S/C15H26N2O3S/c1-11-8-13(16)9-14(12(11)2)21(18,19)17-10-15(3,4)6-7-20-5/h8-9,17H,6-7,10,16H2,1-5H3. The van der Waals surface area contributed by atoms with Gasteiger partial charge in [-0.05, 0) is 48.9 Å². The highest BCUT2D eigenvalue weighted by Gasteiger charge is 2.24. The first-order chi connectivity index (χ1) is 9.59. The lowest BCUT2D eigenvalue weighted by molar-refractivity contribution is 0.153. The van der Waals surface area contributed by atoms with Crippen LogP contribution in [0.1, 0.15) is 31.4 Å². The van der Waals surface area contributed by atoms with Gasteiger partial charge in [0.15, 0.2) is 0 Å². The van der Waals surface area contributed by atoms with Crippen LogP contribution in [0.5, 0.6) is 0 Å². The fourth-order valence-corrected chi connectivity index (χ4v) is 3.56. The van der Waals surface area contributed by atoms with Crippen molar-refractivity contribution in [2.75, 3.05) is 26.0 Å². The Morgan fingerprint density at radius 3 is 2.48 bits per heavy atom. The molecule has 3 N–H and O–H groups in total. The van der Waals surface area contributed by atoms with Crippen molar-refractivity contribution < 1.29 is 13.2 Å². The normalized spacial score (nSPS) is 12.6. The quantitative estimate of drug-likeness (QED) is 0.756. The van der Waals surface area contributed by atoms with Crippen molar-refractivity contribution in [1.82, 2.24) is 4.72 Å². The van der Waals surface area contributed by atoms with Gasteiger partial charge in [0.1, 0.15) is 0 Å². The van der Waals surface area contributed by atoms with E-state index in [9.17, 15) is 8.42 Å². The molecule has 0 aliphatic rings. The van der Waals surface area contributed by atoms with Crippen molar-refractivity contribution >= 4 is 15.7 Å².